The largest absolute Gasteiger partial charge is 0.493 e. The Balaban J connectivity index is 1.56. The molecule has 158 valence electrons. The molecule has 6 nitrogen and oxygen atoms in total. The first kappa shape index (κ1) is 21.4. The Bertz CT molecular complexity index is 1010. The molecule has 0 unspecified atom stereocenters. The number of pyridine rings is 1. The van der Waals surface area contributed by atoms with Gasteiger partial charge in [-0.2, -0.15) is 18.3 Å². The molecule has 0 radical (unpaired) electrons. The number of ether oxygens (including phenoxy) is 2. The van der Waals surface area contributed by atoms with Gasteiger partial charge in [0.15, 0.2) is 5.82 Å². The van der Waals surface area contributed by atoms with Crippen LogP contribution in [0, 0.1) is 6.92 Å². The molecule has 0 saturated carbocycles. The van der Waals surface area contributed by atoms with Crippen molar-refractivity contribution in [3.8, 4) is 17.3 Å². The molecular formula is C21H20F3N3O3. The number of benzene rings is 1. The van der Waals surface area contributed by atoms with Gasteiger partial charge in [0.05, 0.1) is 17.9 Å². The van der Waals surface area contributed by atoms with Gasteiger partial charge < -0.3 is 9.47 Å². The van der Waals surface area contributed by atoms with Crippen LogP contribution in [0.2, 0.25) is 0 Å². The van der Waals surface area contributed by atoms with Gasteiger partial charge in [-0.3, -0.25) is 4.79 Å². The lowest BCUT2D eigenvalue weighted by atomic mass is 10.1. The number of carbonyl (C=O) groups excluding carboxylic acids is 1. The average molecular weight is 419 g/mol. The van der Waals surface area contributed by atoms with Crippen LogP contribution in [0.15, 0.2) is 48.8 Å². The fourth-order valence-electron chi connectivity index (χ4n) is 2.79. The first-order chi connectivity index (χ1) is 14.2. The monoisotopic (exact) mass is 419 g/mol. The highest BCUT2D eigenvalue weighted by Crippen LogP contribution is 2.28. The Morgan fingerprint density at radius 1 is 1.17 bits per heavy atom. The lowest BCUT2D eigenvalue weighted by Gasteiger charge is -2.07. The molecule has 9 heteroatoms. The molecule has 2 heterocycles. The van der Waals surface area contributed by atoms with Gasteiger partial charge in [-0.05, 0) is 49.6 Å². The first-order valence-corrected chi connectivity index (χ1v) is 9.22. The molecule has 0 aliphatic heterocycles. The Hall–Kier alpha value is -3.36. The number of aromatic nitrogens is 3. The van der Waals surface area contributed by atoms with E-state index in [-0.39, 0.29) is 0 Å². The Morgan fingerprint density at radius 2 is 1.93 bits per heavy atom. The maximum atomic E-state index is 12.7. The number of hydrogen-bond donors (Lipinski definition) is 0. The van der Waals surface area contributed by atoms with Crippen LogP contribution in [-0.2, 0) is 17.4 Å². The summed E-state index contributed by atoms with van der Waals surface area (Å²) < 4.78 is 50.2. The molecule has 0 saturated heterocycles. The molecule has 0 bridgehead atoms. The van der Waals surface area contributed by atoms with E-state index in [9.17, 15) is 18.0 Å². The highest BCUT2D eigenvalue weighted by Gasteiger charge is 2.30. The third-order valence-corrected chi connectivity index (χ3v) is 4.24. The fraction of sp³-hybridized carbons (Fsp3) is 0.286. The molecule has 0 N–H and O–H groups in total. The van der Waals surface area contributed by atoms with Gasteiger partial charge in [0.2, 0.25) is 0 Å². The van der Waals surface area contributed by atoms with E-state index < -0.39 is 17.7 Å². The second-order valence-corrected chi connectivity index (χ2v) is 6.61. The molecule has 0 atom stereocenters. The van der Waals surface area contributed by atoms with E-state index in [0.717, 1.165) is 23.5 Å². The fourth-order valence-corrected chi connectivity index (χ4v) is 2.79. The second kappa shape index (κ2) is 8.98. The van der Waals surface area contributed by atoms with E-state index in [1.165, 1.54) is 17.7 Å². The van der Waals surface area contributed by atoms with E-state index >= 15 is 0 Å². The smallest absolute Gasteiger partial charge is 0.417 e. The molecule has 2 aromatic heterocycles. The summed E-state index contributed by atoms with van der Waals surface area (Å²) in [5.74, 6) is 0.925. The van der Waals surface area contributed by atoms with Gasteiger partial charge in [0.25, 0.3) is 0 Å². The predicted octanol–water partition coefficient (Wildman–Crippen LogP) is 4.53. The minimum Gasteiger partial charge on any atom is -0.493 e. The molecule has 0 aliphatic rings. The van der Waals surface area contributed by atoms with Crippen LogP contribution >= 0.6 is 0 Å². The number of alkyl halides is 3. The average Bonchev–Trinajstić information content (AvgIpc) is 3.05. The van der Waals surface area contributed by atoms with E-state index in [1.54, 1.807) is 30.5 Å². The van der Waals surface area contributed by atoms with Crippen LogP contribution in [0.5, 0.6) is 11.5 Å². The summed E-state index contributed by atoms with van der Waals surface area (Å²) in [6, 6.07) is 9.09. The van der Waals surface area contributed by atoms with Crippen LogP contribution in [0.4, 0.5) is 13.2 Å². The van der Waals surface area contributed by atoms with Gasteiger partial charge in [0, 0.05) is 25.4 Å². The van der Waals surface area contributed by atoms with E-state index in [1.807, 2.05) is 6.92 Å². The summed E-state index contributed by atoms with van der Waals surface area (Å²) in [5.41, 5.74) is 0.924. The lowest BCUT2D eigenvalue weighted by molar-refractivity contribution is -0.138. The van der Waals surface area contributed by atoms with Crippen LogP contribution in [-0.4, -0.2) is 27.3 Å². The van der Waals surface area contributed by atoms with Crippen molar-refractivity contribution in [2.75, 3.05) is 6.61 Å². The molecule has 0 fully saturated rings. The predicted molar refractivity (Wildman–Crippen MR) is 103 cm³/mol. The SMILES string of the molecule is CC(=O)Oc1cccc(OCCCc2cn(-c3ccc(C(F)(F)F)cn3)nc2C)c1. The van der Waals surface area contributed by atoms with Crippen LogP contribution in [0.1, 0.15) is 30.2 Å². The summed E-state index contributed by atoms with van der Waals surface area (Å²) in [4.78, 5) is 14.9. The number of rotatable bonds is 7. The van der Waals surface area contributed by atoms with Gasteiger partial charge in [-0.1, -0.05) is 6.07 Å². The standard InChI is InChI=1S/C21H20F3N3O3/c1-14-16(5-4-10-29-18-6-3-7-19(11-18)30-15(2)28)13-27(26-14)20-9-8-17(12-25-20)21(22,23)24/h3,6-9,11-13H,4-5,10H2,1-2H3. The number of aryl methyl sites for hydroxylation is 2. The summed E-state index contributed by atoms with van der Waals surface area (Å²) in [5, 5.41) is 4.33. The van der Waals surface area contributed by atoms with E-state index in [4.69, 9.17) is 9.47 Å². The summed E-state index contributed by atoms with van der Waals surface area (Å²) >= 11 is 0. The van der Waals surface area contributed by atoms with Gasteiger partial charge in [-0.25, -0.2) is 9.67 Å². The first-order valence-electron chi connectivity index (χ1n) is 9.22. The highest BCUT2D eigenvalue weighted by atomic mass is 19.4. The van der Waals surface area contributed by atoms with E-state index in [0.29, 0.717) is 36.8 Å². The second-order valence-electron chi connectivity index (χ2n) is 6.61. The zero-order valence-corrected chi connectivity index (χ0v) is 16.4. The third-order valence-electron chi connectivity index (χ3n) is 4.24. The zero-order valence-electron chi connectivity index (χ0n) is 16.4. The highest BCUT2D eigenvalue weighted by molar-refractivity contribution is 5.69. The molecule has 1 aromatic carbocycles. The number of esters is 1. The zero-order chi connectivity index (χ0) is 21.7. The van der Waals surface area contributed by atoms with Crippen molar-refractivity contribution in [3.05, 3.63) is 65.6 Å². The minimum absolute atomic E-state index is 0.316. The molecule has 0 amide bonds. The topological polar surface area (TPSA) is 66.2 Å². The van der Waals surface area contributed by atoms with Crippen molar-refractivity contribution in [1.29, 1.82) is 0 Å². The minimum atomic E-state index is -4.42. The van der Waals surface area contributed by atoms with Crippen molar-refractivity contribution in [3.63, 3.8) is 0 Å². The summed E-state index contributed by atoms with van der Waals surface area (Å²) in [6.45, 7) is 3.60. The van der Waals surface area contributed by atoms with Gasteiger partial charge in [-0.15, -0.1) is 0 Å². The van der Waals surface area contributed by atoms with Gasteiger partial charge in [0.1, 0.15) is 11.5 Å². The molecule has 0 aliphatic carbocycles. The molecule has 3 rings (SSSR count). The van der Waals surface area contributed by atoms with Crippen LogP contribution < -0.4 is 9.47 Å². The number of hydrogen-bond acceptors (Lipinski definition) is 5. The number of halogens is 3. The van der Waals surface area contributed by atoms with Crippen LogP contribution in [0.3, 0.4) is 0 Å². The third kappa shape index (κ3) is 5.59. The lowest BCUT2D eigenvalue weighted by Crippen LogP contribution is -2.07. The molecular weight excluding hydrogens is 399 g/mol. The van der Waals surface area contributed by atoms with Crippen molar-refractivity contribution in [2.24, 2.45) is 0 Å². The van der Waals surface area contributed by atoms with Crippen molar-refractivity contribution >= 4 is 5.97 Å². The Labute approximate surface area is 171 Å². The van der Waals surface area contributed by atoms with Crippen LogP contribution in [0.25, 0.3) is 5.82 Å². The van der Waals surface area contributed by atoms with Crippen molar-refractivity contribution in [2.45, 2.75) is 32.9 Å². The number of nitrogens with zero attached hydrogens (tertiary/aromatic N) is 3. The quantitative estimate of drug-likeness (QED) is 0.320. The van der Waals surface area contributed by atoms with Gasteiger partial charge >= 0.3 is 12.1 Å². The van der Waals surface area contributed by atoms with E-state index in [2.05, 4.69) is 10.1 Å². The summed E-state index contributed by atoms with van der Waals surface area (Å²) in [7, 11) is 0. The Kier molecular flexibility index (Phi) is 6.39. The normalized spacial score (nSPS) is 11.4. The molecule has 3 aromatic rings. The maximum absolute atomic E-state index is 12.7. The maximum Gasteiger partial charge on any atom is 0.417 e. The Morgan fingerprint density at radius 3 is 2.60 bits per heavy atom. The van der Waals surface area contributed by atoms with Crippen molar-refractivity contribution < 1.29 is 27.4 Å². The summed E-state index contributed by atoms with van der Waals surface area (Å²) in [6.07, 6.45) is -0.495. The molecule has 30 heavy (non-hydrogen) atoms. The van der Waals surface area contributed by atoms with Crippen molar-refractivity contribution in [1.82, 2.24) is 14.8 Å². The number of carbonyl (C=O) groups is 1. The molecule has 0 spiro atoms.